The van der Waals surface area contributed by atoms with Crippen LogP contribution in [-0.4, -0.2) is 45.4 Å². The molecule has 1 N–H and O–H groups in total. The summed E-state index contributed by atoms with van der Waals surface area (Å²) in [6.07, 6.45) is 2.94. The van der Waals surface area contributed by atoms with Gasteiger partial charge in [-0.2, -0.15) is 0 Å². The zero-order chi connectivity index (χ0) is 29.9. The Morgan fingerprint density at radius 3 is 2.32 bits per heavy atom. The van der Waals surface area contributed by atoms with E-state index in [0.717, 1.165) is 5.56 Å². The van der Waals surface area contributed by atoms with Crippen LogP contribution in [0.5, 0.6) is 5.75 Å². The fourth-order valence-corrected chi connectivity index (χ4v) is 4.85. The molecule has 1 saturated heterocycles. The number of ether oxygens (including phenoxy) is 2. The number of aliphatic hydroxyl groups excluding tert-OH is 1. The van der Waals surface area contributed by atoms with Crippen LogP contribution in [0.4, 0.5) is 0 Å². The van der Waals surface area contributed by atoms with E-state index in [2.05, 4.69) is 4.98 Å². The number of carbonyl (C=O) groups excluding carboxylic acids is 3. The van der Waals surface area contributed by atoms with E-state index < -0.39 is 23.7 Å². The summed E-state index contributed by atoms with van der Waals surface area (Å²) in [7, 11) is 0. The molecule has 0 bridgehead atoms. The third-order valence-corrected chi connectivity index (χ3v) is 6.79. The Bertz CT molecular complexity index is 1470. The van der Waals surface area contributed by atoms with Gasteiger partial charge in [-0.15, -0.1) is 0 Å². The van der Waals surface area contributed by atoms with Crippen molar-refractivity contribution in [1.29, 1.82) is 0 Å². The maximum atomic E-state index is 13.5. The van der Waals surface area contributed by atoms with Gasteiger partial charge >= 0.3 is 5.97 Å². The van der Waals surface area contributed by atoms with E-state index in [1.807, 2.05) is 33.8 Å². The molecule has 1 unspecified atom stereocenters. The Morgan fingerprint density at radius 1 is 1.05 bits per heavy atom. The van der Waals surface area contributed by atoms with E-state index in [-0.39, 0.29) is 29.4 Å². The maximum Gasteiger partial charge on any atom is 0.338 e. The molecule has 1 aliphatic heterocycles. The largest absolute Gasteiger partial charge is 0.507 e. The minimum absolute atomic E-state index is 0.0100. The quantitative estimate of drug-likeness (QED) is 0.158. The van der Waals surface area contributed by atoms with E-state index in [4.69, 9.17) is 9.47 Å². The van der Waals surface area contributed by atoms with Gasteiger partial charge in [0.25, 0.3) is 11.7 Å². The molecule has 214 valence electrons. The first-order chi connectivity index (χ1) is 19.4. The van der Waals surface area contributed by atoms with Gasteiger partial charge in [0, 0.05) is 30.1 Å². The molecular formula is C33H36N2O6. The lowest BCUT2D eigenvalue weighted by atomic mass is 9.84. The standard InChI is InChI=1S/C33H36N2O6/c1-7-40-26-15-14-23(17-25(26)33(4,5)6)29(36)27-28(24-9-8-16-34-18-24)35(31(38)30(27)37)19-21-10-12-22(13-11-21)32(39)41-20(2)3/h8-18,20,28,36H,7,19H2,1-6H3/b29-27-. The molecule has 0 aliphatic carbocycles. The zero-order valence-electron chi connectivity index (χ0n) is 24.3. The van der Waals surface area contributed by atoms with Crippen molar-refractivity contribution in [3.8, 4) is 5.75 Å². The number of rotatable bonds is 8. The first kappa shape index (κ1) is 29.5. The molecule has 41 heavy (non-hydrogen) atoms. The molecule has 4 rings (SSSR count). The van der Waals surface area contributed by atoms with E-state index in [0.29, 0.717) is 34.6 Å². The fourth-order valence-electron chi connectivity index (χ4n) is 4.85. The molecule has 3 aromatic rings. The van der Waals surface area contributed by atoms with Crippen molar-refractivity contribution in [3.63, 3.8) is 0 Å². The van der Waals surface area contributed by atoms with Crippen molar-refractivity contribution in [3.05, 3.63) is 100 Å². The van der Waals surface area contributed by atoms with Gasteiger partial charge < -0.3 is 19.5 Å². The summed E-state index contributed by atoms with van der Waals surface area (Å²) in [5, 5.41) is 11.6. The molecule has 8 heteroatoms. The lowest BCUT2D eigenvalue weighted by molar-refractivity contribution is -0.140. The number of hydrogen-bond acceptors (Lipinski definition) is 7. The number of likely N-dealkylation sites (tertiary alicyclic amines) is 1. The lowest BCUT2D eigenvalue weighted by Gasteiger charge is -2.26. The van der Waals surface area contributed by atoms with Crippen LogP contribution in [0, 0.1) is 0 Å². The van der Waals surface area contributed by atoms with Gasteiger partial charge in [-0.1, -0.05) is 39.0 Å². The molecule has 8 nitrogen and oxygen atoms in total. The van der Waals surface area contributed by atoms with E-state index in [1.165, 1.54) is 4.90 Å². The molecule has 1 aliphatic rings. The summed E-state index contributed by atoms with van der Waals surface area (Å²) >= 11 is 0. The number of amides is 1. The first-order valence-electron chi connectivity index (χ1n) is 13.7. The SMILES string of the molecule is CCOc1ccc(/C(O)=C2/C(=O)C(=O)N(Cc3ccc(C(=O)OC(C)C)cc3)C2c2cccnc2)cc1C(C)(C)C. The van der Waals surface area contributed by atoms with Gasteiger partial charge in [-0.3, -0.25) is 14.6 Å². The summed E-state index contributed by atoms with van der Waals surface area (Å²) in [4.78, 5) is 44.8. The van der Waals surface area contributed by atoms with Crippen LogP contribution >= 0.6 is 0 Å². The molecule has 1 amide bonds. The van der Waals surface area contributed by atoms with Crippen molar-refractivity contribution in [2.45, 2.75) is 65.6 Å². The van der Waals surface area contributed by atoms with Crippen LogP contribution in [0.15, 0.2) is 72.6 Å². The van der Waals surface area contributed by atoms with Gasteiger partial charge in [0.05, 0.1) is 29.9 Å². The number of esters is 1. The molecule has 1 aromatic heterocycles. The predicted octanol–water partition coefficient (Wildman–Crippen LogP) is 5.96. The number of hydrogen-bond donors (Lipinski definition) is 1. The number of ketones is 1. The number of nitrogens with zero attached hydrogens (tertiary/aromatic N) is 2. The molecule has 1 atom stereocenters. The third-order valence-electron chi connectivity index (χ3n) is 6.79. The summed E-state index contributed by atoms with van der Waals surface area (Å²) in [5.41, 5.74) is 2.65. The zero-order valence-corrected chi connectivity index (χ0v) is 24.3. The Hall–Kier alpha value is -4.46. The fraction of sp³-hybridized carbons (Fsp3) is 0.333. The van der Waals surface area contributed by atoms with Crippen molar-refractivity contribution in [1.82, 2.24) is 9.88 Å². The van der Waals surface area contributed by atoms with E-state index in [9.17, 15) is 19.5 Å². The molecule has 0 radical (unpaired) electrons. The smallest absolute Gasteiger partial charge is 0.338 e. The highest BCUT2D eigenvalue weighted by Crippen LogP contribution is 2.41. The monoisotopic (exact) mass is 556 g/mol. The van der Waals surface area contributed by atoms with Crippen molar-refractivity contribution < 1.29 is 29.0 Å². The second-order valence-electron chi connectivity index (χ2n) is 11.3. The Labute approximate surface area is 240 Å². The van der Waals surface area contributed by atoms with E-state index in [1.54, 1.807) is 74.8 Å². The second-order valence-corrected chi connectivity index (χ2v) is 11.3. The number of Topliss-reactive ketones (excluding diaryl/α,β-unsaturated/α-hetero) is 1. The molecule has 2 aromatic carbocycles. The average molecular weight is 557 g/mol. The highest BCUT2D eigenvalue weighted by molar-refractivity contribution is 6.46. The summed E-state index contributed by atoms with van der Waals surface area (Å²) in [6.45, 7) is 12.1. The topological polar surface area (TPSA) is 106 Å². The Balaban J connectivity index is 1.77. The maximum absolute atomic E-state index is 13.5. The third kappa shape index (κ3) is 6.32. The van der Waals surface area contributed by atoms with Crippen molar-refractivity contribution in [2.75, 3.05) is 6.61 Å². The van der Waals surface area contributed by atoms with Gasteiger partial charge in [0.15, 0.2) is 0 Å². The van der Waals surface area contributed by atoms with Gasteiger partial charge in [-0.05, 0) is 73.7 Å². The van der Waals surface area contributed by atoms with Crippen LogP contribution in [0.1, 0.15) is 80.2 Å². The number of aromatic nitrogens is 1. The molecule has 2 heterocycles. The molecule has 0 spiro atoms. The first-order valence-corrected chi connectivity index (χ1v) is 13.7. The van der Waals surface area contributed by atoms with Crippen LogP contribution in [-0.2, 0) is 26.3 Å². The normalized spacial score (nSPS) is 16.8. The number of aliphatic hydroxyl groups is 1. The molecule has 1 fully saturated rings. The van der Waals surface area contributed by atoms with E-state index >= 15 is 0 Å². The van der Waals surface area contributed by atoms with Crippen LogP contribution in [0.2, 0.25) is 0 Å². The van der Waals surface area contributed by atoms with Crippen LogP contribution < -0.4 is 4.74 Å². The van der Waals surface area contributed by atoms with Crippen LogP contribution in [0.3, 0.4) is 0 Å². The second kappa shape index (κ2) is 12.0. The number of pyridine rings is 1. The number of benzene rings is 2. The highest BCUT2D eigenvalue weighted by Gasteiger charge is 2.46. The van der Waals surface area contributed by atoms with Crippen LogP contribution in [0.25, 0.3) is 5.76 Å². The Kier molecular flexibility index (Phi) is 8.61. The van der Waals surface area contributed by atoms with Gasteiger partial charge in [0.2, 0.25) is 0 Å². The molecular weight excluding hydrogens is 520 g/mol. The summed E-state index contributed by atoms with van der Waals surface area (Å²) in [5.74, 6) is -1.51. The number of carbonyl (C=O) groups is 3. The van der Waals surface area contributed by atoms with Crippen molar-refractivity contribution in [2.24, 2.45) is 0 Å². The minimum Gasteiger partial charge on any atom is -0.507 e. The van der Waals surface area contributed by atoms with Crippen molar-refractivity contribution >= 4 is 23.4 Å². The average Bonchev–Trinajstić information content (AvgIpc) is 3.18. The molecule has 0 saturated carbocycles. The Morgan fingerprint density at radius 2 is 1.73 bits per heavy atom. The summed E-state index contributed by atoms with van der Waals surface area (Å²) < 4.78 is 11.1. The van der Waals surface area contributed by atoms with Gasteiger partial charge in [0.1, 0.15) is 11.5 Å². The lowest BCUT2D eigenvalue weighted by Crippen LogP contribution is -2.29. The minimum atomic E-state index is -0.862. The predicted molar refractivity (Wildman–Crippen MR) is 155 cm³/mol. The highest BCUT2D eigenvalue weighted by atomic mass is 16.5. The summed E-state index contributed by atoms with van der Waals surface area (Å²) in [6, 6.07) is 14.6. The van der Waals surface area contributed by atoms with Gasteiger partial charge in [-0.25, -0.2) is 4.79 Å².